The number of carbonyl (C=O) groups is 4. The number of hydrogen-bond acceptors (Lipinski definition) is 10. The van der Waals surface area contributed by atoms with Crippen molar-refractivity contribution < 1.29 is 48.0 Å². The fraction of sp³-hybridized carbons (Fsp3) is 0.643. The quantitative estimate of drug-likeness (QED) is 0.186. The lowest BCUT2D eigenvalue weighted by molar-refractivity contribution is -0.152. The molecule has 3 N–H and O–H groups in total. The molecule has 0 saturated carbocycles. The third-order valence-electron chi connectivity index (χ3n) is 6.32. The average molecular weight is 554 g/mol. The summed E-state index contributed by atoms with van der Waals surface area (Å²) in [5.74, 6) is -3.22. The lowest BCUT2D eigenvalue weighted by atomic mass is 9.87. The molecule has 0 saturated heterocycles. The summed E-state index contributed by atoms with van der Waals surface area (Å²) in [6.07, 6.45) is -3.56. The summed E-state index contributed by atoms with van der Waals surface area (Å²) in [6, 6.07) is 2.81. The minimum Gasteiger partial charge on any atom is -0.480 e. The van der Waals surface area contributed by atoms with E-state index >= 15 is 0 Å². The molecule has 11 nitrogen and oxygen atoms in total. The number of aliphatic carboxylic acids is 1. The van der Waals surface area contributed by atoms with Crippen LogP contribution in [0.4, 0.5) is 9.59 Å². The molecule has 0 radical (unpaired) electrons. The molecular weight excluding hydrogens is 510 g/mol. The van der Waals surface area contributed by atoms with Crippen molar-refractivity contribution in [1.82, 2.24) is 0 Å². The number of esters is 1. The molecule has 0 aromatic heterocycles. The van der Waals surface area contributed by atoms with Crippen LogP contribution in [0.15, 0.2) is 18.2 Å². The number of rotatable bonds is 13. The maximum absolute atomic E-state index is 12.5. The highest BCUT2D eigenvalue weighted by atomic mass is 16.7. The summed E-state index contributed by atoms with van der Waals surface area (Å²) in [5.41, 5.74) is 6.36. The van der Waals surface area contributed by atoms with Gasteiger partial charge in [-0.05, 0) is 56.7 Å². The van der Waals surface area contributed by atoms with Gasteiger partial charge in [-0.25, -0.2) is 9.59 Å². The number of nitrogens with two attached hydrogens (primary N) is 1. The van der Waals surface area contributed by atoms with Crippen molar-refractivity contribution in [2.75, 3.05) is 0 Å². The molecule has 220 valence electrons. The fourth-order valence-electron chi connectivity index (χ4n) is 3.12. The van der Waals surface area contributed by atoms with E-state index in [4.69, 9.17) is 29.4 Å². The summed E-state index contributed by atoms with van der Waals surface area (Å²) < 4.78 is 26.6. The molecule has 5 atom stereocenters. The van der Waals surface area contributed by atoms with Crippen LogP contribution in [0.2, 0.25) is 0 Å². The van der Waals surface area contributed by atoms with E-state index in [0.717, 1.165) is 0 Å². The van der Waals surface area contributed by atoms with Gasteiger partial charge in [-0.2, -0.15) is 0 Å². The zero-order valence-electron chi connectivity index (χ0n) is 24.3. The van der Waals surface area contributed by atoms with E-state index in [1.54, 1.807) is 34.6 Å². The number of carboxylic acids is 1. The lowest BCUT2D eigenvalue weighted by Crippen LogP contribution is -2.38. The zero-order valence-corrected chi connectivity index (χ0v) is 24.3. The molecule has 0 fully saturated rings. The second-order valence-corrected chi connectivity index (χ2v) is 10.7. The first kappa shape index (κ1) is 33.7. The van der Waals surface area contributed by atoms with Gasteiger partial charge in [0.05, 0.1) is 12.0 Å². The fourth-order valence-corrected chi connectivity index (χ4v) is 3.12. The van der Waals surface area contributed by atoms with E-state index in [1.807, 2.05) is 27.7 Å². The number of carboxylic acid groups (broad SMARTS) is 1. The molecule has 0 bridgehead atoms. The molecule has 4 unspecified atom stereocenters. The molecule has 1 rings (SSSR count). The first-order valence-corrected chi connectivity index (χ1v) is 13.1. The van der Waals surface area contributed by atoms with Crippen LogP contribution in [-0.4, -0.2) is 53.7 Å². The Morgan fingerprint density at radius 3 is 1.69 bits per heavy atom. The van der Waals surface area contributed by atoms with Gasteiger partial charge >= 0.3 is 24.2 Å². The highest BCUT2D eigenvalue weighted by Gasteiger charge is 2.31. The van der Waals surface area contributed by atoms with Crippen molar-refractivity contribution in [3.8, 4) is 11.5 Å². The number of ether oxygens (including phenoxy) is 5. The van der Waals surface area contributed by atoms with Crippen molar-refractivity contribution in [3.05, 3.63) is 23.8 Å². The van der Waals surface area contributed by atoms with E-state index in [-0.39, 0.29) is 35.7 Å². The summed E-state index contributed by atoms with van der Waals surface area (Å²) in [6.45, 7) is 15.9. The SMILES string of the molecule is CC(CC(c1ccc(OC(=O)OC(C)C(C)C)c(OC(=O)OC(C)C(C)C)c1)[C@H](N)C(=O)O)OC(=O)C(C)C. The van der Waals surface area contributed by atoms with Gasteiger partial charge in [0, 0.05) is 5.92 Å². The van der Waals surface area contributed by atoms with Crippen LogP contribution in [0, 0.1) is 17.8 Å². The highest BCUT2D eigenvalue weighted by molar-refractivity contribution is 5.75. The Bertz CT molecular complexity index is 991. The van der Waals surface area contributed by atoms with Crippen LogP contribution in [0.1, 0.15) is 80.2 Å². The minimum absolute atomic E-state index is 0.0140. The molecule has 39 heavy (non-hydrogen) atoms. The van der Waals surface area contributed by atoms with Crippen molar-refractivity contribution >= 4 is 24.2 Å². The Morgan fingerprint density at radius 1 is 0.769 bits per heavy atom. The molecule has 0 aliphatic rings. The third kappa shape index (κ3) is 11.1. The maximum Gasteiger partial charge on any atom is 0.514 e. The monoisotopic (exact) mass is 553 g/mol. The number of carbonyl (C=O) groups excluding carboxylic acids is 3. The summed E-state index contributed by atoms with van der Waals surface area (Å²) >= 11 is 0. The van der Waals surface area contributed by atoms with Crippen LogP contribution >= 0.6 is 0 Å². The molecule has 0 aliphatic carbocycles. The average Bonchev–Trinajstić information content (AvgIpc) is 2.82. The normalized spacial score (nSPS) is 15.2. The van der Waals surface area contributed by atoms with Gasteiger partial charge in [-0.3, -0.25) is 9.59 Å². The largest absolute Gasteiger partial charge is 0.514 e. The van der Waals surface area contributed by atoms with Gasteiger partial charge in [-0.15, -0.1) is 0 Å². The number of hydrogen-bond donors (Lipinski definition) is 2. The highest BCUT2D eigenvalue weighted by Crippen LogP contribution is 2.35. The Hall–Kier alpha value is -3.34. The third-order valence-corrected chi connectivity index (χ3v) is 6.32. The van der Waals surface area contributed by atoms with E-state index in [2.05, 4.69) is 0 Å². The van der Waals surface area contributed by atoms with Crippen LogP contribution in [-0.2, 0) is 23.8 Å². The van der Waals surface area contributed by atoms with Crippen molar-refractivity contribution in [2.45, 2.75) is 99.0 Å². The maximum atomic E-state index is 12.5. The second kappa shape index (κ2) is 15.3. The molecule has 0 spiro atoms. The van der Waals surface area contributed by atoms with Gasteiger partial charge < -0.3 is 34.5 Å². The zero-order chi connectivity index (χ0) is 30.0. The molecule has 0 amide bonds. The van der Waals surface area contributed by atoms with Gasteiger partial charge in [0.1, 0.15) is 18.2 Å². The van der Waals surface area contributed by atoms with E-state index in [0.29, 0.717) is 5.56 Å². The Balaban J connectivity index is 3.40. The Morgan fingerprint density at radius 2 is 1.26 bits per heavy atom. The number of benzene rings is 1. The van der Waals surface area contributed by atoms with E-state index < -0.39 is 54.5 Å². The lowest BCUT2D eigenvalue weighted by Gasteiger charge is -2.26. The van der Waals surface area contributed by atoms with Gasteiger partial charge in [0.2, 0.25) is 0 Å². The van der Waals surface area contributed by atoms with Crippen molar-refractivity contribution in [3.63, 3.8) is 0 Å². The van der Waals surface area contributed by atoms with Crippen LogP contribution in [0.25, 0.3) is 0 Å². The first-order chi connectivity index (χ1) is 18.0. The van der Waals surface area contributed by atoms with Gasteiger partial charge in [0.15, 0.2) is 11.5 Å². The van der Waals surface area contributed by atoms with Crippen LogP contribution in [0.3, 0.4) is 0 Å². The summed E-state index contributed by atoms with van der Waals surface area (Å²) in [5, 5.41) is 9.64. The summed E-state index contributed by atoms with van der Waals surface area (Å²) in [7, 11) is 0. The Kier molecular flexibility index (Phi) is 13.2. The van der Waals surface area contributed by atoms with E-state index in [1.165, 1.54) is 18.2 Å². The molecule has 0 aliphatic heterocycles. The van der Waals surface area contributed by atoms with Crippen LogP contribution in [0.5, 0.6) is 11.5 Å². The second-order valence-electron chi connectivity index (χ2n) is 10.7. The predicted molar refractivity (Wildman–Crippen MR) is 143 cm³/mol. The van der Waals surface area contributed by atoms with E-state index in [9.17, 15) is 24.3 Å². The molecular formula is C28H43NO10. The minimum atomic E-state index is -1.38. The molecule has 11 heteroatoms. The van der Waals surface area contributed by atoms with Crippen molar-refractivity contribution in [2.24, 2.45) is 23.5 Å². The molecule has 0 heterocycles. The summed E-state index contributed by atoms with van der Waals surface area (Å²) in [4.78, 5) is 48.8. The van der Waals surface area contributed by atoms with Crippen molar-refractivity contribution in [1.29, 1.82) is 0 Å². The Labute approximate surface area is 230 Å². The standard InChI is InChI=1S/C28H43NO10/c1-14(2)18(8)36-27(33)38-22-11-10-20(13-23(22)39-28(34)37-19(9)15(3)4)21(24(29)25(30)31)12-17(7)35-26(32)16(5)6/h10-11,13-19,21,24H,12,29H2,1-9H3,(H,30,31)/t17?,18?,19?,21?,24-/m0/s1. The predicted octanol–water partition coefficient (Wildman–Crippen LogP) is 5.28. The van der Waals surface area contributed by atoms with Gasteiger partial charge in [0.25, 0.3) is 0 Å². The van der Waals surface area contributed by atoms with Gasteiger partial charge in [-0.1, -0.05) is 47.6 Å². The first-order valence-electron chi connectivity index (χ1n) is 13.1. The smallest absolute Gasteiger partial charge is 0.480 e. The topological polar surface area (TPSA) is 161 Å². The molecule has 1 aromatic carbocycles. The molecule has 1 aromatic rings. The van der Waals surface area contributed by atoms with Crippen LogP contribution < -0.4 is 15.2 Å².